The highest BCUT2D eigenvalue weighted by atomic mass is 32.1. The topological polar surface area (TPSA) is 74.3 Å². The predicted molar refractivity (Wildman–Crippen MR) is 91.6 cm³/mol. The lowest BCUT2D eigenvalue weighted by Gasteiger charge is -2.32. The molecule has 1 fully saturated rings. The Balaban J connectivity index is 1.66. The van der Waals surface area contributed by atoms with Crippen molar-refractivity contribution in [1.82, 2.24) is 20.5 Å². The molecular formula is C16H26N4O2S. The number of hydrogen-bond donors (Lipinski definition) is 2. The number of carbonyl (C=O) groups is 2. The van der Waals surface area contributed by atoms with Crippen LogP contribution in [0.15, 0.2) is 5.38 Å². The summed E-state index contributed by atoms with van der Waals surface area (Å²) in [7, 11) is 0. The average Bonchev–Trinajstić information content (AvgIpc) is 3.00. The largest absolute Gasteiger partial charge is 0.338 e. The number of thiazole rings is 1. The maximum atomic E-state index is 12.0. The van der Waals surface area contributed by atoms with Gasteiger partial charge in [0.1, 0.15) is 0 Å². The van der Waals surface area contributed by atoms with Gasteiger partial charge in [-0.15, -0.1) is 11.3 Å². The van der Waals surface area contributed by atoms with E-state index in [2.05, 4.69) is 15.6 Å². The Morgan fingerprint density at radius 2 is 2.22 bits per heavy atom. The van der Waals surface area contributed by atoms with E-state index in [-0.39, 0.29) is 23.5 Å². The van der Waals surface area contributed by atoms with Crippen molar-refractivity contribution in [3.05, 3.63) is 16.1 Å². The van der Waals surface area contributed by atoms with Gasteiger partial charge in [-0.05, 0) is 34.1 Å². The zero-order valence-corrected chi connectivity index (χ0v) is 15.1. The molecule has 1 saturated heterocycles. The van der Waals surface area contributed by atoms with Gasteiger partial charge in [0.25, 0.3) is 0 Å². The Bertz CT molecular complexity index is 565. The number of hydrogen-bond acceptors (Lipinski definition) is 4. The third-order valence-corrected chi connectivity index (χ3v) is 4.82. The lowest BCUT2D eigenvalue weighted by atomic mass is 10.1. The SMILES string of the molecule is Cc1csc(CCCNC(=O)N[C@H]2CC(=O)N(C(C)(C)C)C2)n1. The second kappa shape index (κ2) is 7.29. The van der Waals surface area contributed by atoms with Gasteiger partial charge < -0.3 is 15.5 Å². The molecule has 0 radical (unpaired) electrons. The maximum Gasteiger partial charge on any atom is 0.315 e. The summed E-state index contributed by atoms with van der Waals surface area (Å²) >= 11 is 1.65. The smallest absolute Gasteiger partial charge is 0.315 e. The van der Waals surface area contributed by atoms with Crippen molar-refractivity contribution >= 4 is 23.3 Å². The van der Waals surface area contributed by atoms with E-state index in [0.29, 0.717) is 19.5 Å². The number of amides is 3. The van der Waals surface area contributed by atoms with Crippen molar-refractivity contribution in [1.29, 1.82) is 0 Å². The predicted octanol–water partition coefficient (Wildman–Crippen LogP) is 2.08. The van der Waals surface area contributed by atoms with Gasteiger partial charge in [-0.25, -0.2) is 9.78 Å². The minimum Gasteiger partial charge on any atom is -0.338 e. The van der Waals surface area contributed by atoms with Crippen LogP contribution in [0, 0.1) is 6.92 Å². The molecular weight excluding hydrogens is 312 g/mol. The molecule has 6 nitrogen and oxygen atoms in total. The normalized spacial score (nSPS) is 18.3. The molecule has 0 aliphatic carbocycles. The molecule has 1 aliphatic heterocycles. The summed E-state index contributed by atoms with van der Waals surface area (Å²) in [6.07, 6.45) is 2.11. The first kappa shape index (κ1) is 17.7. The van der Waals surface area contributed by atoms with E-state index in [9.17, 15) is 9.59 Å². The van der Waals surface area contributed by atoms with Gasteiger partial charge in [-0.2, -0.15) is 0 Å². The van der Waals surface area contributed by atoms with Gasteiger partial charge >= 0.3 is 6.03 Å². The fraction of sp³-hybridized carbons (Fsp3) is 0.688. The molecule has 2 rings (SSSR count). The quantitative estimate of drug-likeness (QED) is 0.807. The second-order valence-corrected chi connectivity index (χ2v) is 7.91. The van der Waals surface area contributed by atoms with Crippen LogP contribution in [0.5, 0.6) is 0 Å². The average molecular weight is 338 g/mol. The fourth-order valence-electron chi connectivity index (χ4n) is 2.65. The third kappa shape index (κ3) is 5.20. The number of aromatic nitrogens is 1. The number of likely N-dealkylation sites (tertiary alicyclic amines) is 1. The molecule has 1 atom stereocenters. The highest BCUT2D eigenvalue weighted by Crippen LogP contribution is 2.21. The van der Waals surface area contributed by atoms with Gasteiger partial charge in [0.2, 0.25) is 5.91 Å². The highest BCUT2D eigenvalue weighted by molar-refractivity contribution is 7.09. The summed E-state index contributed by atoms with van der Waals surface area (Å²) in [6, 6.07) is -0.308. The van der Waals surface area contributed by atoms with Gasteiger partial charge in [0, 0.05) is 42.5 Å². The summed E-state index contributed by atoms with van der Waals surface area (Å²) in [5.74, 6) is 0.0990. The van der Waals surface area contributed by atoms with E-state index in [1.165, 1.54) is 0 Å². The molecule has 0 aromatic carbocycles. The zero-order chi connectivity index (χ0) is 17.0. The van der Waals surface area contributed by atoms with Gasteiger partial charge in [-0.3, -0.25) is 4.79 Å². The standard InChI is InChI=1S/C16H26N4O2S/c1-11-10-23-13(18-11)6-5-7-17-15(22)19-12-8-14(21)20(9-12)16(2,3)4/h10,12H,5-9H2,1-4H3,(H2,17,19,22)/t12-/m0/s1. The minimum atomic E-state index is -0.200. The number of nitrogens with zero attached hydrogens (tertiary/aromatic N) is 2. The van der Waals surface area contributed by atoms with Crippen molar-refractivity contribution in [2.45, 2.75) is 58.5 Å². The van der Waals surface area contributed by atoms with Crippen LogP contribution < -0.4 is 10.6 Å². The van der Waals surface area contributed by atoms with E-state index in [0.717, 1.165) is 23.5 Å². The highest BCUT2D eigenvalue weighted by Gasteiger charge is 2.36. The van der Waals surface area contributed by atoms with Gasteiger partial charge in [0.05, 0.1) is 11.0 Å². The lowest BCUT2D eigenvalue weighted by Crippen LogP contribution is -2.46. The summed E-state index contributed by atoms with van der Waals surface area (Å²) < 4.78 is 0. The van der Waals surface area contributed by atoms with Crippen LogP contribution >= 0.6 is 11.3 Å². The van der Waals surface area contributed by atoms with E-state index in [1.54, 1.807) is 11.3 Å². The maximum absolute atomic E-state index is 12.0. The number of urea groups is 1. The van der Waals surface area contributed by atoms with E-state index < -0.39 is 0 Å². The fourth-order valence-corrected chi connectivity index (χ4v) is 3.47. The third-order valence-electron chi connectivity index (χ3n) is 3.79. The molecule has 3 amide bonds. The molecule has 23 heavy (non-hydrogen) atoms. The van der Waals surface area contributed by atoms with Gasteiger partial charge in [-0.1, -0.05) is 0 Å². The molecule has 1 aromatic heterocycles. The second-order valence-electron chi connectivity index (χ2n) is 6.96. The molecule has 0 saturated carbocycles. The van der Waals surface area contributed by atoms with Crippen LogP contribution in [-0.4, -0.2) is 46.5 Å². The first-order valence-corrected chi connectivity index (χ1v) is 8.89. The van der Waals surface area contributed by atoms with E-state index in [4.69, 9.17) is 0 Å². The number of carbonyl (C=O) groups excluding carboxylic acids is 2. The summed E-state index contributed by atoms with van der Waals surface area (Å²) in [6.45, 7) is 9.19. The van der Waals surface area contributed by atoms with Crippen LogP contribution in [0.4, 0.5) is 4.79 Å². The Hall–Kier alpha value is -1.63. The lowest BCUT2D eigenvalue weighted by molar-refractivity contribution is -0.131. The molecule has 7 heteroatoms. The first-order valence-electron chi connectivity index (χ1n) is 8.01. The van der Waals surface area contributed by atoms with Crippen molar-refractivity contribution in [2.75, 3.05) is 13.1 Å². The Labute approximate surface area is 141 Å². The first-order chi connectivity index (χ1) is 10.8. The molecule has 0 spiro atoms. The molecule has 2 N–H and O–H groups in total. The number of nitrogens with one attached hydrogen (secondary N) is 2. The minimum absolute atomic E-state index is 0.0990. The summed E-state index contributed by atoms with van der Waals surface area (Å²) in [5.41, 5.74) is 0.848. The molecule has 0 unspecified atom stereocenters. The van der Waals surface area contributed by atoms with E-state index >= 15 is 0 Å². The molecule has 1 aliphatic rings. The Morgan fingerprint density at radius 1 is 1.48 bits per heavy atom. The zero-order valence-electron chi connectivity index (χ0n) is 14.3. The van der Waals surface area contributed by atoms with Crippen LogP contribution in [0.1, 0.15) is 44.3 Å². The van der Waals surface area contributed by atoms with E-state index in [1.807, 2.05) is 38.0 Å². The van der Waals surface area contributed by atoms with Crippen LogP contribution in [-0.2, 0) is 11.2 Å². The monoisotopic (exact) mass is 338 g/mol. The molecule has 2 heterocycles. The summed E-state index contributed by atoms with van der Waals surface area (Å²) in [5, 5.41) is 8.88. The van der Waals surface area contributed by atoms with Crippen LogP contribution in [0.25, 0.3) is 0 Å². The summed E-state index contributed by atoms with van der Waals surface area (Å²) in [4.78, 5) is 30.1. The Kier molecular flexibility index (Phi) is 5.62. The number of aryl methyl sites for hydroxylation is 2. The van der Waals surface area contributed by atoms with Crippen molar-refractivity contribution in [2.24, 2.45) is 0 Å². The number of rotatable bonds is 5. The van der Waals surface area contributed by atoms with Crippen molar-refractivity contribution in [3.63, 3.8) is 0 Å². The van der Waals surface area contributed by atoms with Gasteiger partial charge in [0.15, 0.2) is 0 Å². The van der Waals surface area contributed by atoms with Crippen LogP contribution in [0.3, 0.4) is 0 Å². The molecule has 1 aromatic rings. The van der Waals surface area contributed by atoms with Crippen LogP contribution in [0.2, 0.25) is 0 Å². The molecule has 128 valence electrons. The molecule has 0 bridgehead atoms. The Morgan fingerprint density at radius 3 is 2.78 bits per heavy atom. The van der Waals surface area contributed by atoms with Crippen molar-refractivity contribution in [3.8, 4) is 0 Å². The van der Waals surface area contributed by atoms with Crippen molar-refractivity contribution < 1.29 is 9.59 Å².